The van der Waals surface area contributed by atoms with Crippen molar-refractivity contribution >= 4 is 15.9 Å². The Morgan fingerprint density at radius 1 is 1.00 bits per heavy atom. The van der Waals surface area contributed by atoms with Crippen molar-refractivity contribution in [3.63, 3.8) is 0 Å². The van der Waals surface area contributed by atoms with E-state index in [1.807, 2.05) is 0 Å². The van der Waals surface area contributed by atoms with E-state index >= 15 is 0 Å². The van der Waals surface area contributed by atoms with Gasteiger partial charge in [0.15, 0.2) is 11.5 Å². The Kier molecular flexibility index (Phi) is 7.38. The zero-order valence-electron chi connectivity index (χ0n) is 18.2. The number of hydrogen-bond donors (Lipinski definition) is 1. The van der Waals surface area contributed by atoms with E-state index in [-0.39, 0.29) is 10.8 Å². The summed E-state index contributed by atoms with van der Waals surface area (Å²) in [5, 5.41) is 0. The van der Waals surface area contributed by atoms with Crippen LogP contribution in [-0.4, -0.2) is 51.6 Å². The SMILES string of the molecule is O=C(CCCCCNS(=O)(=O)c1ccc2c(c1)OCCO2)N1CCCC1C1CCCC1. The van der Waals surface area contributed by atoms with Gasteiger partial charge in [0.25, 0.3) is 0 Å². The maximum Gasteiger partial charge on any atom is 0.240 e. The summed E-state index contributed by atoms with van der Waals surface area (Å²) in [6.07, 6.45) is 10.4. The van der Waals surface area contributed by atoms with Crippen LogP contribution in [0.1, 0.15) is 64.2 Å². The van der Waals surface area contributed by atoms with Gasteiger partial charge in [-0.2, -0.15) is 0 Å². The van der Waals surface area contributed by atoms with E-state index in [9.17, 15) is 13.2 Å². The number of unbranched alkanes of at least 4 members (excludes halogenated alkanes) is 2. The predicted molar refractivity (Wildman–Crippen MR) is 118 cm³/mol. The van der Waals surface area contributed by atoms with Crippen molar-refractivity contribution in [1.29, 1.82) is 0 Å². The fourth-order valence-corrected chi connectivity index (χ4v) is 6.23. The highest BCUT2D eigenvalue weighted by molar-refractivity contribution is 7.89. The topological polar surface area (TPSA) is 84.9 Å². The van der Waals surface area contributed by atoms with Gasteiger partial charge in [-0.3, -0.25) is 4.79 Å². The number of likely N-dealkylation sites (tertiary alicyclic amines) is 1. The van der Waals surface area contributed by atoms with Crippen molar-refractivity contribution in [3.05, 3.63) is 18.2 Å². The van der Waals surface area contributed by atoms with Gasteiger partial charge < -0.3 is 14.4 Å². The molecule has 4 rings (SSSR count). The van der Waals surface area contributed by atoms with Crippen LogP contribution in [0.4, 0.5) is 0 Å². The van der Waals surface area contributed by atoms with Gasteiger partial charge in [0, 0.05) is 31.6 Å². The Balaban J connectivity index is 1.17. The van der Waals surface area contributed by atoms with Gasteiger partial charge in [0.05, 0.1) is 4.90 Å². The van der Waals surface area contributed by atoms with Crippen molar-refractivity contribution in [2.45, 2.75) is 75.1 Å². The smallest absolute Gasteiger partial charge is 0.240 e. The minimum Gasteiger partial charge on any atom is -0.486 e. The molecule has 1 saturated heterocycles. The second kappa shape index (κ2) is 10.2. The van der Waals surface area contributed by atoms with Crippen LogP contribution in [0.3, 0.4) is 0 Å². The average molecular weight is 451 g/mol. The molecule has 0 aromatic heterocycles. The first-order chi connectivity index (χ1) is 15.0. The largest absolute Gasteiger partial charge is 0.486 e. The quantitative estimate of drug-likeness (QED) is 0.582. The summed E-state index contributed by atoms with van der Waals surface area (Å²) in [6.45, 7) is 2.16. The summed E-state index contributed by atoms with van der Waals surface area (Å²) in [4.78, 5) is 15.0. The van der Waals surface area contributed by atoms with Gasteiger partial charge in [-0.15, -0.1) is 0 Å². The maximum absolute atomic E-state index is 12.7. The van der Waals surface area contributed by atoms with E-state index in [1.54, 1.807) is 6.07 Å². The Bertz CT molecular complexity index is 867. The molecule has 0 radical (unpaired) electrons. The summed E-state index contributed by atoms with van der Waals surface area (Å²) in [5.74, 6) is 2.03. The van der Waals surface area contributed by atoms with Gasteiger partial charge in [-0.1, -0.05) is 19.3 Å². The lowest BCUT2D eigenvalue weighted by Gasteiger charge is -2.29. The van der Waals surface area contributed by atoms with Crippen LogP contribution >= 0.6 is 0 Å². The third-order valence-electron chi connectivity index (χ3n) is 6.75. The summed E-state index contributed by atoms with van der Waals surface area (Å²) < 4.78 is 38.6. The first-order valence-corrected chi connectivity index (χ1v) is 13.2. The van der Waals surface area contributed by atoms with Crippen molar-refractivity contribution in [2.24, 2.45) is 5.92 Å². The van der Waals surface area contributed by atoms with Crippen LogP contribution in [0.2, 0.25) is 0 Å². The predicted octanol–water partition coefficient (Wildman–Crippen LogP) is 3.48. The number of rotatable bonds is 9. The molecule has 1 N–H and O–H groups in total. The Labute approximate surface area is 185 Å². The van der Waals surface area contributed by atoms with Gasteiger partial charge >= 0.3 is 0 Å². The van der Waals surface area contributed by atoms with Crippen LogP contribution < -0.4 is 14.2 Å². The fourth-order valence-electron chi connectivity index (χ4n) is 5.14. The van der Waals surface area contributed by atoms with E-state index in [1.165, 1.54) is 37.8 Å². The Morgan fingerprint density at radius 3 is 2.58 bits per heavy atom. The third kappa shape index (κ3) is 5.52. The fraction of sp³-hybridized carbons (Fsp3) is 0.696. The molecule has 1 aromatic rings. The minimum absolute atomic E-state index is 0.180. The number of sulfonamides is 1. The first kappa shape index (κ1) is 22.4. The molecule has 8 heteroatoms. The number of nitrogens with one attached hydrogen (secondary N) is 1. The lowest BCUT2D eigenvalue weighted by atomic mass is 9.96. The van der Waals surface area contributed by atoms with Crippen LogP contribution in [-0.2, 0) is 14.8 Å². The number of carbonyl (C=O) groups is 1. The number of nitrogens with zero attached hydrogens (tertiary/aromatic N) is 1. The minimum atomic E-state index is -3.59. The lowest BCUT2D eigenvalue weighted by Crippen LogP contribution is -2.39. The van der Waals surface area contributed by atoms with E-state index in [0.717, 1.165) is 32.2 Å². The van der Waals surface area contributed by atoms with Crippen molar-refractivity contribution in [1.82, 2.24) is 9.62 Å². The van der Waals surface area contributed by atoms with Gasteiger partial charge in [-0.25, -0.2) is 13.1 Å². The van der Waals surface area contributed by atoms with E-state index in [2.05, 4.69) is 9.62 Å². The lowest BCUT2D eigenvalue weighted by molar-refractivity contribution is -0.133. The molecule has 3 aliphatic rings. The molecule has 1 amide bonds. The maximum atomic E-state index is 12.7. The number of ether oxygens (including phenoxy) is 2. The molecule has 2 heterocycles. The molecule has 31 heavy (non-hydrogen) atoms. The number of hydrogen-bond acceptors (Lipinski definition) is 5. The van der Waals surface area contributed by atoms with Crippen LogP contribution in [0.5, 0.6) is 11.5 Å². The molecule has 1 unspecified atom stereocenters. The van der Waals surface area contributed by atoms with Crippen LogP contribution in [0.15, 0.2) is 23.1 Å². The normalized spacial score (nSPS) is 21.5. The summed E-state index contributed by atoms with van der Waals surface area (Å²) >= 11 is 0. The van der Waals surface area contributed by atoms with Crippen molar-refractivity contribution in [2.75, 3.05) is 26.3 Å². The van der Waals surface area contributed by atoms with Crippen LogP contribution in [0.25, 0.3) is 0 Å². The Hall–Kier alpha value is -1.80. The van der Waals surface area contributed by atoms with Crippen LogP contribution in [0, 0.1) is 5.92 Å². The highest BCUT2D eigenvalue weighted by Gasteiger charge is 2.35. The number of carbonyl (C=O) groups excluding carboxylic acids is 1. The molecular formula is C23H34N2O5S. The molecule has 0 bridgehead atoms. The monoisotopic (exact) mass is 450 g/mol. The standard InChI is InChI=1S/C23H34N2O5S/c26-23(25-14-6-9-20(25)18-7-3-4-8-18)10-2-1-5-13-24-31(27,28)19-11-12-21-22(17-19)30-16-15-29-21/h11-12,17-18,20,24H,1-10,13-16H2. The molecule has 1 saturated carbocycles. The van der Waals surface area contributed by atoms with E-state index in [4.69, 9.17) is 9.47 Å². The second-order valence-corrected chi connectivity index (χ2v) is 10.6. The first-order valence-electron chi connectivity index (χ1n) is 11.7. The zero-order valence-corrected chi connectivity index (χ0v) is 19.0. The highest BCUT2D eigenvalue weighted by atomic mass is 32.2. The molecular weight excluding hydrogens is 416 g/mol. The average Bonchev–Trinajstić information content (AvgIpc) is 3.47. The number of benzene rings is 1. The van der Waals surface area contributed by atoms with Gasteiger partial charge in [0.2, 0.25) is 15.9 Å². The molecule has 7 nitrogen and oxygen atoms in total. The van der Waals surface area contributed by atoms with Crippen molar-refractivity contribution in [3.8, 4) is 11.5 Å². The van der Waals surface area contributed by atoms with Gasteiger partial charge in [0.1, 0.15) is 13.2 Å². The highest BCUT2D eigenvalue weighted by Crippen LogP contribution is 2.36. The summed E-state index contributed by atoms with van der Waals surface area (Å²) in [6, 6.07) is 5.14. The molecule has 2 aliphatic heterocycles. The van der Waals surface area contributed by atoms with Crippen molar-refractivity contribution < 1.29 is 22.7 Å². The number of fused-ring (bicyclic) bond motifs is 1. The van der Waals surface area contributed by atoms with Gasteiger partial charge in [-0.05, 0) is 56.6 Å². The molecule has 172 valence electrons. The number of amides is 1. The molecule has 1 atom stereocenters. The molecule has 1 aliphatic carbocycles. The Morgan fingerprint density at radius 2 is 1.77 bits per heavy atom. The van der Waals surface area contributed by atoms with E-state index < -0.39 is 10.0 Å². The molecule has 1 aromatic carbocycles. The summed E-state index contributed by atoms with van der Waals surface area (Å²) in [7, 11) is -3.59. The van der Waals surface area contributed by atoms with E-state index in [0.29, 0.717) is 56.1 Å². The molecule has 2 fully saturated rings. The second-order valence-electron chi connectivity index (χ2n) is 8.86. The third-order valence-corrected chi connectivity index (χ3v) is 8.21. The summed E-state index contributed by atoms with van der Waals surface area (Å²) in [5.41, 5.74) is 0. The molecule has 0 spiro atoms. The zero-order chi connectivity index (χ0) is 21.7.